The molecule has 2 N–H and O–H groups in total. The van der Waals surface area contributed by atoms with Crippen molar-refractivity contribution in [3.63, 3.8) is 0 Å². The van der Waals surface area contributed by atoms with Crippen LogP contribution in [-0.4, -0.2) is 25.0 Å². The lowest BCUT2D eigenvalue weighted by Crippen LogP contribution is -2.43. The monoisotopic (exact) mass is 336 g/mol. The molecule has 2 fully saturated rings. The van der Waals surface area contributed by atoms with E-state index in [2.05, 4.69) is 10.6 Å². The molecule has 0 saturated heterocycles. The molecule has 2 aliphatic carbocycles. The van der Waals surface area contributed by atoms with E-state index in [1.807, 2.05) is 0 Å². The Morgan fingerprint density at radius 3 is 2.52 bits per heavy atom. The van der Waals surface area contributed by atoms with Crippen molar-refractivity contribution in [2.75, 3.05) is 12.4 Å². The molecule has 2 aliphatic rings. The van der Waals surface area contributed by atoms with Gasteiger partial charge in [0.15, 0.2) is 0 Å². The Morgan fingerprint density at radius 1 is 1.22 bits per heavy atom. The van der Waals surface area contributed by atoms with Crippen LogP contribution in [0.15, 0.2) is 18.2 Å². The first-order valence-corrected chi connectivity index (χ1v) is 8.39. The van der Waals surface area contributed by atoms with Gasteiger partial charge in [0.25, 0.3) is 0 Å². The summed E-state index contributed by atoms with van der Waals surface area (Å²) < 4.78 is 5.23. The van der Waals surface area contributed by atoms with Gasteiger partial charge in [-0.2, -0.15) is 0 Å². The van der Waals surface area contributed by atoms with Gasteiger partial charge in [0, 0.05) is 11.1 Å². The molecule has 0 bridgehead atoms. The Hall–Kier alpha value is -1.75. The maximum absolute atomic E-state index is 12.6. The smallest absolute Gasteiger partial charge is 0.240 e. The Balaban J connectivity index is 1.70. The number of hydrogen-bond donors (Lipinski definition) is 2. The zero-order chi connectivity index (χ0) is 16.4. The fraction of sp³-hybridized carbons (Fsp3) is 0.529. The summed E-state index contributed by atoms with van der Waals surface area (Å²) in [5.74, 6) is 0.0891. The van der Waals surface area contributed by atoms with Gasteiger partial charge < -0.3 is 15.4 Å². The van der Waals surface area contributed by atoms with Crippen LogP contribution in [0.2, 0.25) is 5.02 Å². The zero-order valence-corrected chi connectivity index (χ0v) is 13.9. The van der Waals surface area contributed by atoms with Crippen molar-refractivity contribution in [2.24, 2.45) is 5.41 Å². The normalized spacial score (nSPS) is 19.2. The van der Waals surface area contributed by atoms with Gasteiger partial charge >= 0.3 is 0 Å². The summed E-state index contributed by atoms with van der Waals surface area (Å²) in [6.45, 7) is 0. The second-order valence-electron chi connectivity index (χ2n) is 6.34. The van der Waals surface area contributed by atoms with E-state index in [9.17, 15) is 9.59 Å². The molecule has 1 aromatic carbocycles. The highest BCUT2D eigenvalue weighted by atomic mass is 35.5. The molecule has 0 heterocycles. The van der Waals surface area contributed by atoms with Crippen molar-refractivity contribution >= 4 is 29.1 Å². The standard InChI is InChI=1S/C17H21ClN2O3/c1-23-14-7-6-11(18)10-13(14)20-16(22)17(8-9-17)15(21)19-12-4-2-3-5-12/h6-7,10,12H,2-5,8-9H2,1H3,(H,19,21)(H,20,22). The van der Waals surface area contributed by atoms with Crippen molar-refractivity contribution in [2.45, 2.75) is 44.6 Å². The Morgan fingerprint density at radius 2 is 1.91 bits per heavy atom. The first-order valence-electron chi connectivity index (χ1n) is 8.01. The van der Waals surface area contributed by atoms with Crippen LogP contribution in [0.1, 0.15) is 38.5 Å². The molecule has 0 aromatic heterocycles. The number of ether oxygens (including phenoxy) is 1. The van der Waals surface area contributed by atoms with Crippen molar-refractivity contribution in [3.8, 4) is 5.75 Å². The molecule has 124 valence electrons. The van der Waals surface area contributed by atoms with Gasteiger partial charge in [-0.05, 0) is 43.9 Å². The summed E-state index contributed by atoms with van der Waals surface area (Å²) in [6, 6.07) is 5.23. The lowest BCUT2D eigenvalue weighted by molar-refractivity contribution is -0.134. The third-order valence-electron chi connectivity index (χ3n) is 4.72. The van der Waals surface area contributed by atoms with Gasteiger partial charge in [-0.1, -0.05) is 24.4 Å². The van der Waals surface area contributed by atoms with Crippen LogP contribution in [0.5, 0.6) is 5.75 Å². The maximum atomic E-state index is 12.6. The third-order valence-corrected chi connectivity index (χ3v) is 4.95. The third kappa shape index (κ3) is 3.29. The lowest BCUT2D eigenvalue weighted by Gasteiger charge is -2.19. The zero-order valence-electron chi connectivity index (χ0n) is 13.2. The fourth-order valence-corrected chi connectivity index (χ4v) is 3.27. The quantitative estimate of drug-likeness (QED) is 0.812. The highest BCUT2D eigenvalue weighted by Crippen LogP contribution is 2.47. The Labute approximate surface area is 140 Å². The average Bonchev–Trinajstić information content (AvgIpc) is 3.20. The van der Waals surface area contributed by atoms with Crippen molar-refractivity contribution in [1.29, 1.82) is 0 Å². The van der Waals surface area contributed by atoms with E-state index in [0.717, 1.165) is 25.7 Å². The van der Waals surface area contributed by atoms with Gasteiger partial charge in [-0.3, -0.25) is 9.59 Å². The maximum Gasteiger partial charge on any atom is 0.240 e. The number of hydrogen-bond acceptors (Lipinski definition) is 3. The topological polar surface area (TPSA) is 67.4 Å². The first-order chi connectivity index (χ1) is 11.0. The molecular formula is C17H21ClN2O3. The number of amides is 2. The van der Waals surface area contributed by atoms with Crippen LogP contribution in [0, 0.1) is 5.41 Å². The summed E-state index contributed by atoms with van der Waals surface area (Å²) in [7, 11) is 1.53. The molecule has 0 radical (unpaired) electrons. The number of benzene rings is 1. The first kappa shape index (κ1) is 16.1. The molecule has 0 aliphatic heterocycles. The van der Waals surface area contributed by atoms with Gasteiger partial charge in [0.2, 0.25) is 11.8 Å². The minimum Gasteiger partial charge on any atom is -0.495 e. The van der Waals surface area contributed by atoms with Gasteiger partial charge in [-0.25, -0.2) is 0 Å². The summed E-state index contributed by atoms with van der Waals surface area (Å²) in [5.41, 5.74) is -0.444. The van der Waals surface area contributed by atoms with Gasteiger partial charge in [0.05, 0.1) is 12.8 Å². The van der Waals surface area contributed by atoms with Crippen LogP contribution in [0.3, 0.4) is 0 Å². The molecule has 2 amide bonds. The van der Waals surface area contributed by atoms with E-state index < -0.39 is 5.41 Å². The van der Waals surface area contributed by atoms with Crippen LogP contribution >= 0.6 is 11.6 Å². The van der Waals surface area contributed by atoms with E-state index in [-0.39, 0.29) is 17.9 Å². The van der Waals surface area contributed by atoms with E-state index in [1.54, 1.807) is 18.2 Å². The number of anilines is 1. The summed E-state index contributed by atoms with van der Waals surface area (Å²) in [4.78, 5) is 25.1. The number of halogens is 1. The number of nitrogens with one attached hydrogen (secondary N) is 2. The molecule has 6 heteroatoms. The largest absolute Gasteiger partial charge is 0.495 e. The van der Waals surface area contributed by atoms with Crippen LogP contribution < -0.4 is 15.4 Å². The lowest BCUT2D eigenvalue weighted by atomic mass is 10.0. The number of carbonyl (C=O) groups excluding carboxylic acids is 2. The predicted octanol–water partition coefficient (Wildman–Crippen LogP) is 3.13. The summed E-state index contributed by atoms with van der Waals surface area (Å²) in [5, 5.41) is 6.33. The van der Waals surface area contributed by atoms with Crippen LogP contribution in [-0.2, 0) is 9.59 Å². The van der Waals surface area contributed by atoms with Crippen LogP contribution in [0.25, 0.3) is 0 Å². The van der Waals surface area contributed by atoms with Crippen LogP contribution in [0.4, 0.5) is 5.69 Å². The predicted molar refractivity (Wildman–Crippen MR) is 88.7 cm³/mol. The molecule has 0 spiro atoms. The van der Waals surface area contributed by atoms with Gasteiger partial charge in [-0.15, -0.1) is 0 Å². The van der Waals surface area contributed by atoms with E-state index in [1.165, 1.54) is 7.11 Å². The van der Waals surface area contributed by atoms with E-state index in [0.29, 0.717) is 29.3 Å². The molecule has 1 aromatic rings. The molecular weight excluding hydrogens is 316 g/mol. The van der Waals surface area contributed by atoms with E-state index in [4.69, 9.17) is 16.3 Å². The number of rotatable bonds is 5. The minimum atomic E-state index is -0.935. The minimum absolute atomic E-state index is 0.150. The number of methoxy groups -OCH3 is 1. The second-order valence-corrected chi connectivity index (χ2v) is 6.77. The Bertz CT molecular complexity index is 622. The average molecular weight is 337 g/mol. The van der Waals surface area contributed by atoms with Gasteiger partial charge in [0.1, 0.15) is 11.2 Å². The highest BCUT2D eigenvalue weighted by molar-refractivity contribution is 6.31. The molecule has 23 heavy (non-hydrogen) atoms. The molecule has 3 rings (SSSR count). The molecule has 0 unspecified atom stereocenters. The molecule has 2 saturated carbocycles. The Kier molecular flexibility index (Phi) is 4.48. The molecule has 0 atom stereocenters. The van der Waals surface area contributed by atoms with Crippen molar-refractivity contribution in [3.05, 3.63) is 23.2 Å². The second kappa shape index (κ2) is 6.40. The number of carbonyl (C=O) groups is 2. The van der Waals surface area contributed by atoms with Crippen molar-refractivity contribution < 1.29 is 14.3 Å². The fourth-order valence-electron chi connectivity index (χ4n) is 3.10. The summed E-state index contributed by atoms with van der Waals surface area (Å²) >= 11 is 5.98. The van der Waals surface area contributed by atoms with Crippen molar-refractivity contribution in [1.82, 2.24) is 5.32 Å². The van der Waals surface area contributed by atoms with E-state index >= 15 is 0 Å². The SMILES string of the molecule is COc1ccc(Cl)cc1NC(=O)C1(C(=O)NC2CCCC2)CC1. The summed E-state index contributed by atoms with van der Waals surface area (Å²) in [6.07, 6.45) is 5.46. The molecule has 5 nitrogen and oxygen atoms in total. The highest BCUT2D eigenvalue weighted by Gasteiger charge is 2.57.